The number of ketones is 1. The molecule has 35 heavy (non-hydrogen) atoms. The number of carbonyl (C=O) groups excluding carboxylic acids is 4. The van der Waals surface area contributed by atoms with E-state index in [1.165, 1.54) is 7.11 Å². The number of benzene rings is 1. The fraction of sp³-hybridized carbons (Fsp3) is 0.458. The van der Waals surface area contributed by atoms with E-state index in [-0.39, 0.29) is 41.1 Å². The Kier molecular flexibility index (Phi) is 10.9. The summed E-state index contributed by atoms with van der Waals surface area (Å²) in [6.45, 7) is 4.44. The van der Waals surface area contributed by atoms with Crippen LogP contribution in [0.4, 0.5) is 0 Å². The van der Waals surface area contributed by atoms with E-state index in [1.54, 1.807) is 39.0 Å². The molecule has 0 spiro atoms. The fourth-order valence-electron chi connectivity index (χ4n) is 3.71. The van der Waals surface area contributed by atoms with E-state index in [9.17, 15) is 19.2 Å². The van der Waals surface area contributed by atoms with Gasteiger partial charge in [-0.1, -0.05) is 35.3 Å². The Labute approximate surface area is 213 Å². The molecule has 0 amide bonds. The van der Waals surface area contributed by atoms with Crippen LogP contribution < -0.4 is 0 Å². The molecule has 0 N–H and O–H groups in total. The predicted molar refractivity (Wildman–Crippen MR) is 129 cm³/mol. The first-order valence-electron chi connectivity index (χ1n) is 10.9. The Balaban J connectivity index is 2.50. The van der Waals surface area contributed by atoms with E-state index in [0.29, 0.717) is 11.3 Å². The molecule has 9 nitrogen and oxygen atoms in total. The Morgan fingerprint density at radius 2 is 1.74 bits per heavy atom. The van der Waals surface area contributed by atoms with Gasteiger partial charge in [-0.05, 0) is 32.4 Å². The van der Waals surface area contributed by atoms with E-state index in [0.717, 1.165) is 0 Å². The molecule has 190 valence electrons. The smallest absolute Gasteiger partial charge is 0.336 e. The lowest BCUT2D eigenvalue weighted by Crippen LogP contribution is -2.37. The number of rotatable bonds is 11. The van der Waals surface area contributed by atoms with Gasteiger partial charge in [0.05, 0.1) is 48.2 Å². The number of halogens is 2. The summed E-state index contributed by atoms with van der Waals surface area (Å²) < 4.78 is 20.5. The highest BCUT2D eigenvalue weighted by Gasteiger charge is 2.44. The molecule has 0 radical (unpaired) electrons. The van der Waals surface area contributed by atoms with Gasteiger partial charge >= 0.3 is 17.9 Å². The van der Waals surface area contributed by atoms with Crippen molar-refractivity contribution in [1.29, 1.82) is 0 Å². The number of Topliss-reactive ketones (excluding diaryl/α,β-unsaturated/α-hetero) is 1. The third-order valence-electron chi connectivity index (χ3n) is 5.13. The lowest BCUT2D eigenvalue weighted by molar-refractivity contribution is -0.147. The first-order chi connectivity index (χ1) is 16.7. The zero-order chi connectivity index (χ0) is 26.1. The first-order valence-corrected chi connectivity index (χ1v) is 11.6. The van der Waals surface area contributed by atoms with E-state index in [2.05, 4.69) is 4.99 Å². The molecule has 2 rings (SSSR count). The van der Waals surface area contributed by atoms with Crippen molar-refractivity contribution in [1.82, 2.24) is 0 Å². The van der Waals surface area contributed by atoms with Crippen molar-refractivity contribution < 1.29 is 38.1 Å². The summed E-state index contributed by atoms with van der Waals surface area (Å²) in [7, 11) is 1.23. The van der Waals surface area contributed by atoms with Crippen molar-refractivity contribution in [2.75, 3.05) is 33.5 Å². The lowest BCUT2D eigenvalue weighted by Gasteiger charge is -2.32. The van der Waals surface area contributed by atoms with E-state index >= 15 is 0 Å². The molecule has 0 bridgehead atoms. The summed E-state index contributed by atoms with van der Waals surface area (Å²) in [6.07, 6.45) is -0.439. The quantitative estimate of drug-likeness (QED) is 0.243. The van der Waals surface area contributed by atoms with Gasteiger partial charge in [0.25, 0.3) is 0 Å². The van der Waals surface area contributed by atoms with Crippen LogP contribution in [-0.4, -0.2) is 62.9 Å². The third kappa shape index (κ3) is 7.13. The molecule has 0 saturated carbocycles. The molecule has 0 aromatic heterocycles. The van der Waals surface area contributed by atoms with Crippen LogP contribution in [0.5, 0.6) is 0 Å². The van der Waals surface area contributed by atoms with E-state index in [4.69, 9.17) is 42.1 Å². The summed E-state index contributed by atoms with van der Waals surface area (Å²) in [5.41, 5.74) is 0.950. The average molecular weight is 528 g/mol. The summed E-state index contributed by atoms with van der Waals surface area (Å²) >= 11 is 12.7. The Bertz CT molecular complexity index is 1050. The standard InChI is InChI=1S/C24H27Cl2NO8/c1-5-34-18(29)10-14(28)11-33-12-17-21(24(31)35-6-2)20(15-8-7-9-16(25)22(15)26)19(13(3)27-17)23(30)32-4/h7-9,19-20H,5-6,10-12H2,1-4H3. The maximum atomic E-state index is 13.1. The molecule has 1 aliphatic rings. The van der Waals surface area contributed by atoms with E-state index in [1.807, 2.05) is 0 Å². The molecule has 1 aromatic carbocycles. The van der Waals surface area contributed by atoms with Crippen LogP contribution in [0.15, 0.2) is 34.5 Å². The molecule has 1 aromatic rings. The number of hydrogen-bond acceptors (Lipinski definition) is 9. The molecule has 2 atom stereocenters. The molecular formula is C24H27Cl2NO8. The second-order valence-electron chi connectivity index (χ2n) is 7.47. The van der Waals surface area contributed by atoms with Gasteiger partial charge in [0.1, 0.15) is 18.9 Å². The second-order valence-corrected chi connectivity index (χ2v) is 8.25. The van der Waals surface area contributed by atoms with Crippen LogP contribution in [0.2, 0.25) is 10.0 Å². The lowest BCUT2D eigenvalue weighted by atomic mass is 9.75. The minimum absolute atomic E-state index is 0.0369. The zero-order valence-electron chi connectivity index (χ0n) is 19.9. The van der Waals surface area contributed by atoms with Gasteiger partial charge in [0.2, 0.25) is 0 Å². The molecule has 0 fully saturated rings. The number of nitrogens with zero attached hydrogens (tertiary/aromatic N) is 1. The van der Waals surface area contributed by atoms with Crippen LogP contribution in [-0.2, 0) is 38.1 Å². The highest BCUT2D eigenvalue weighted by Crippen LogP contribution is 2.44. The maximum absolute atomic E-state index is 13.1. The van der Waals surface area contributed by atoms with Gasteiger partial charge in [-0.3, -0.25) is 19.4 Å². The van der Waals surface area contributed by atoms with Gasteiger partial charge in [-0.15, -0.1) is 0 Å². The van der Waals surface area contributed by atoms with Crippen LogP contribution in [0.1, 0.15) is 38.7 Å². The minimum atomic E-state index is -0.982. The van der Waals surface area contributed by atoms with Gasteiger partial charge in [0.15, 0.2) is 5.78 Å². The second kappa shape index (κ2) is 13.4. The van der Waals surface area contributed by atoms with Gasteiger partial charge in [-0.25, -0.2) is 4.79 Å². The van der Waals surface area contributed by atoms with Crippen molar-refractivity contribution in [3.05, 3.63) is 45.1 Å². The average Bonchev–Trinajstić information content (AvgIpc) is 2.80. The fourth-order valence-corrected chi connectivity index (χ4v) is 4.13. The zero-order valence-corrected chi connectivity index (χ0v) is 21.4. The summed E-state index contributed by atoms with van der Waals surface area (Å²) in [6, 6.07) is 4.87. The Morgan fingerprint density at radius 3 is 2.37 bits per heavy atom. The van der Waals surface area contributed by atoms with Gasteiger partial charge in [-0.2, -0.15) is 0 Å². The van der Waals surface area contributed by atoms with Crippen LogP contribution >= 0.6 is 23.2 Å². The Morgan fingerprint density at radius 1 is 1.06 bits per heavy atom. The monoisotopic (exact) mass is 527 g/mol. The van der Waals surface area contributed by atoms with Gasteiger partial charge in [0, 0.05) is 11.6 Å². The molecule has 1 heterocycles. The molecule has 0 saturated heterocycles. The maximum Gasteiger partial charge on any atom is 0.336 e. The largest absolute Gasteiger partial charge is 0.468 e. The van der Waals surface area contributed by atoms with Gasteiger partial charge < -0.3 is 18.9 Å². The van der Waals surface area contributed by atoms with Crippen LogP contribution in [0.25, 0.3) is 0 Å². The van der Waals surface area contributed by atoms with Crippen LogP contribution in [0.3, 0.4) is 0 Å². The number of carbonyl (C=O) groups is 4. The summed E-state index contributed by atoms with van der Waals surface area (Å²) in [5, 5.41) is 0.396. The number of aliphatic imine (C=N–C) groups is 1. The SMILES string of the molecule is CCOC(=O)CC(=O)COCC1=C(C(=O)OCC)C(c2cccc(Cl)c2Cl)C(C(=O)OC)C(C)=N1. The highest BCUT2D eigenvalue weighted by atomic mass is 35.5. The summed E-state index contributed by atoms with van der Waals surface area (Å²) in [5.74, 6) is -4.42. The number of hydrogen-bond donors (Lipinski definition) is 0. The molecule has 11 heteroatoms. The molecule has 2 unspecified atom stereocenters. The molecule has 1 aliphatic heterocycles. The normalized spacial score (nSPS) is 17.5. The highest BCUT2D eigenvalue weighted by molar-refractivity contribution is 6.42. The molecule has 0 aliphatic carbocycles. The van der Waals surface area contributed by atoms with Crippen LogP contribution in [0, 0.1) is 5.92 Å². The van der Waals surface area contributed by atoms with Crippen molar-refractivity contribution in [2.45, 2.75) is 33.1 Å². The number of methoxy groups -OCH3 is 1. The predicted octanol–water partition coefficient (Wildman–Crippen LogP) is 3.70. The third-order valence-corrected chi connectivity index (χ3v) is 5.97. The first kappa shape index (κ1) is 28.5. The van der Waals surface area contributed by atoms with E-state index < -0.39 is 48.6 Å². The number of ether oxygens (including phenoxy) is 4. The van der Waals surface area contributed by atoms with Crippen molar-refractivity contribution in [2.24, 2.45) is 10.9 Å². The molecular weight excluding hydrogens is 501 g/mol. The summed E-state index contributed by atoms with van der Waals surface area (Å²) in [4.78, 5) is 53.8. The Hall–Kier alpha value is -2.75. The minimum Gasteiger partial charge on any atom is -0.468 e. The number of esters is 3. The van der Waals surface area contributed by atoms with Crippen molar-refractivity contribution >= 4 is 52.6 Å². The van der Waals surface area contributed by atoms with Crippen molar-refractivity contribution in [3.63, 3.8) is 0 Å². The topological polar surface area (TPSA) is 118 Å². The van der Waals surface area contributed by atoms with Crippen molar-refractivity contribution in [3.8, 4) is 0 Å².